The first-order valence-corrected chi connectivity index (χ1v) is 9.26. The number of ether oxygens (including phenoxy) is 1. The van der Waals surface area contributed by atoms with Crippen molar-refractivity contribution in [3.8, 4) is 5.75 Å². The van der Waals surface area contributed by atoms with Crippen molar-refractivity contribution in [3.05, 3.63) is 71.9 Å². The average Bonchev–Trinajstić information content (AvgIpc) is 2.63. The third-order valence-electron chi connectivity index (χ3n) is 3.91. The fraction of sp³-hybridized carbons (Fsp3) is 0.273. The number of anilines is 3. The van der Waals surface area contributed by atoms with Crippen molar-refractivity contribution in [1.29, 1.82) is 0 Å². The van der Waals surface area contributed by atoms with E-state index < -0.39 is 0 Å². The number of para-hydroxylation sites is 2. The molecule has 3 rings (SSSR count). The number of nitrogens with one attached hydrogen (secondary N) is 2. The Morgan fingerprint density at radius 3 is 2.48 bits per heavy atom. The highest BCUT2D eigenvalue weighted by Gasteiger charge is 2.08. The van der Waals surface area contributed by atoms with Crippen LogP contribution in [0.25, 0.3) is 0 Å². The zero-order valence-electron chi connectivity index (χ0n) is 16.1. The highest BCUT2D eigenvalue weighted by molar-refractivity contribution is 5.63. The quantitative estimate of drug-likeness (QED) is 0.592. The van der Waals surface area contributed by atoms with Crippen molar-refractivity contribution in [2.45, 2.75) is 33.3 Å². The van der Waals surface area contributed by atoms with Gasteiger partial charge in [0.15, 0.2) is 0 Å². The maximum Gasteiger partial charge on any atom is 0.229 e. The van der Waals surface area contributed by atoms with E-state index in [-0.39, 0.29) is 6.10 Å². The van der Waals surface area contributed by atoms with Crippen LogP contribution in [-0.4, -0.2) is 22.6 Å². The molecule has 2 aromatic carbocycles. The van der Waals surface area contributed by atoms with Crippen LogP contribution >= 0.6 is 0 Å². The SMILES string of the molecule is Cc1cc(NCCc2ccccc2)nc(Nc2ccccc2OC(C)C)n1. The third-order valence-corrected chi connectivity index (χ3v) is 3.91. The molecule has 0 aliphatic rings. The number of hydrogen-bond acceptors (Lipinski definition) is 5. The van der Waals surface area contributed by atoms with Crippen LogP contribution in [0, 0.1) is 6.92 Å². The van der Waals surface area contributed by atoms with Gasteiger partial charge in [-0.15, -0.1) is 0 Å². The van der Waals surface area contributed by atoms with E-state index in [1.165, 1.54) is 5.56 Å². The summed E-state index contributed by atoms with van der Waals surface area (Å²) in [7, 11) is 0. The summed E-state index contributed by atoms with van der Waals surface area (Å²) >= 11 is 0. The molecule has 5 heteroatoms. The molecule has 3 aromatic rings. The van der Waals surface area contributed by atoms with E-state index in [1.54, 1.807) is 0 Å². The molecule has 1 heterocycles. The predicted molar refractivity (Wildman–Crippen MR) is 111 cm³/mol. The van der Waals surface area contributed by atoms with Gasteiger partial charge in [-0.2, -0.15) is 4.98 Å². The number of benzene rings is 2. The van der Waals surface area contributed by atoms with Gasteiger partial charge in [-0.1, -0.05) is 42.5 Å². The van der Waals surface area contributed by atoms with Crippen molar-refractivity contribution in [2.75, 3.05) is 17.2 Å². The lowest BCUT2D eigenvalue weighted by Crippen LogP contribution is -2.10. The number of rotatable bonds is 8. The number of aromatic nitrogens is 2. The zero-order chi connectivity index (χ0) is 19.1. The number of nitrogens with zero attached hydrogens (tertiary/aromatic N) is 2. The lowest BCUT2D eigenvalue weighted by Gasteiger charge is -2.15. The van der Waals surface area contributed by atoms with Crippen LogP contribution in [0.3, 0.4) is 0 Å². The summed E-state index contributed by atoms with van der Waals surface area (Å²) in [6, 6.07) is 20.2. The maximum absolute atomic E-state index is 5.86. The molecule has 0 atom stereocenters. The van der Waals surface area contributed by atoms with Gasteiger partial charge in [0.2, 0.25) is 5.95 Å². The second-order valence-corrected chi connectivity index (χ2v) is 6.67. The molecule has 0 aliphatic carbocycles. The van der Waals surface area contributed by atoms with E-state index in [9.17, 15) is 0 Å². The largest absolute Gasteiger partial charge is 0.489 e. The zero-order valence-corrected chi connectivity index (χ0v) is 16.1. The molecular formula is C22H26N4O. The standard InChI is InChI=1S/C22H26N4O/c1-16(2)27-20-12-8-7-11-19(20)25-22-24-17(3)15-21(26-22)23-14-13-18-9-5-4-6-10-18/h4-12,15-16H,13-14H2,1-3H3,(H2,23,24,25,26). The fourth-order valence-electron chi connectivity index (χ4n) is 2.74. The summed E-state index contributed by atoms with van der Waals surface area (Å²) in [5, 5.41) is 6.66. The summed E-state index contributed by atoms with van der Waals surface area (Å²) in [6.07, 6.45) is 1.04. The Bertz CT molecular complexity index is 865. The van der Waals surface area contributed by atoms with E-state index in [1.807, 2.05) is 57.2 Å². The van der Waals surface area contributed by atoms with Crippen molar-refractivity contribution >= 4 is 17.5 Å². The third kappa shape index (κ3) is 5.71. The molecule has 0 spiro atoms. The van der Waals surface area contributed by atoms with E-state index >= 15 is 0 Å². The minimum absolute atomic E-state index is 0.0987. The van der Waals surface area contributed by atoms with Gasteiger partial charge in [-0.05, 0) is 44.9 Å². The molecule has 140 valence electrons. The Morgan fingerprint density at radius 2 is 1.70 bits per heavy atom. The van der Waals surface area contributed by atoms with Crippen LogP contribution in [0.2, 0.25) is 0 Å². The second kappa shape index (κ2) is 9.03. The predicted octanol–water partition coefficient (Wildman–Crippen LogP) is 4.97. The van der Waals surface area contributed by atoms with E-state index in [4.69, 9.17) is 4.74 Å². The van der Waals surface area contributed by atoms with Crippen LogP contribution in [0.4, 0.5) is 17.5 Å². The number of hydrogen-bond donors (Lipinski definition) is 2. The highest BCUT2D eigenvalue weighted by Crippen LogP contribution is 2.27. The molecule has 5 nitrogen and oxygen atoms in total. The fourth-order valence-corrected chi connectivity index (χ4v) is 2.74. The van der Waals surface area contributed by atoms with Gasteiger partial charge in [-0.25, -0.2) is 4.98 Å². The van der Waals surface area contributed by atoms with Crippen molar-refractivity contribution in [3.63, 3.8) is 0 Å². The molecule has 0 unspecified atom stereocenters. The molecule has 0 radical (unpaired) electrons. The first-order chi connectivity index (χ1) is 13.1. The van der Waals surface area contributed by atoms with Crippen LogP contribution in [0.5, 0.6) is 5.75 Å². The van der Waals surface area contributed by atoms with E-state index in [0.717, 1.165) is 35.9 Å². The van der Waals surface area contributed by atoms with Gasteiger partial charge in [0.1, 0.15) is 11.6 Å². The van der Waals surface area contributed by atoms with Crippen molar-refractivity contribution < 1.29 is 4.74 Å². The van der Waals surface area contributed by atoms with Gasteiger partial charge >= 0.3 is 0 Å². The van der Waals surface area contributed by atoms with Crippen LogP contribution in [0.15, 0.2) is 60.7 Å². The average molecular weight is 362 g/mol. The molecular weight excluding hydrogens is 336 g/mol. The smallest absolute Gasteiger partial charge is 0.229 e. The molecule has 1 aromatic heterocycles. The Balaban J connectivity index is 1.68. The Kier molecular flexibility index (Phi) is 6.26. The van der Waals surface area contributed by atoms with E-state index in [0.29, 0.717) is 5.95 Å². The summed E-state index contributed by atoms with van der Waals surface area (Å²) in [5.74, 6) is 2.15. The van der Waals surface area contributed by atoms with Gasteiger partial charge < -0.3 is 15.4 Å². The highest BCUT2D eigenvalue weighted by atomic mass is 16.5. The van der Waals surface area contributed by atoms with Gasteiger partial charge in [0, 0.05) is 18.3 Å². The van der Waals surface area contributed by atoms with Gasteiger partial charge in [0.25, 0.3) is 0 Å². The monoisotopic (exact) mass is 362 g/mol. The van der Waals surface area contributed by atoms with Crippen LogP contribution < -0.4 is 15.4 Å². The topological polar surface area (TPSA) is 59.1 Å². The molecule has 2 N–H and O–H groups in total. The minimum Gasteiger partial charge on any atom is -0.489 e. The molecule has 0 saturated heterocycles. The van der Waals surface area contributed by atoms with E-state index in [2.05, 4.69) is 44.9 Å². The molecule has 27 heavy (non-hydrogen) atoms. The molecule has 0 fully saturated rings. The van der Waals surface area contributed by atoms with Gasteiger partial charge in [0.05, 0.1) is 11.8 Å². The number of aryl methyl sites for hydroxylation is 1. The first-order valence-electron chi connectivity index (χ1n) is 9.26. The van der Waals surface area contributed by atoms with Crippen molar-refractivity contribution in [2.24, 2.45) is 0 Å². The second-order valence-electron chi connectivity index (χ2n) is 6.67. The Labute approximate surface area is 160 Å². The first kappa shape index (κ1) is 18.7. The summed E-state index contributed by atoms with van der Waals surface area (Å²) < 4.78 is 5.86. The maximum atomic E-state index is 5.86. The molecule has 0 aliphatic heterocycles. The lowest BCUT2D eigenvalue weighted by molar-refractivity contribution is 0.244. The molecule has 0 amide bonds. The molecule has 0 saturated carbocycles. The summed E-state index contributed by atoms with van der Waals surface area (Å²) in [4.78, 5) is 9.09. The Morgan fingerprint density at radius 1 is 0.963 bits per heavy atom. The lowest BCUT2D eigenvalue weighted by atomic mass is 10.1. The van der Waals surface area contributed by atoms with Crippen molar-refractivity contribution in [1.82, 2.24) is 9.97 Å². The normalized spacial score (nSPS) is 10.7. The Hall–Kier alpha value is -3.08. The summed E-state index contributed by atoms with van der Waals surface area (Å²) in [5.41, 5.74) is 3.05. The van der Waals surface area contributed by atoms with Crippen LogP contribution in [0.1, 0.15) is 25.1 Å². The molecule has 0 bridgehead atoms. The minimum atomic E-state index is 0.0987. The van der Waals surface area contributed by atoms with Gasteiger partial charge in [-0.3, -0.25) is 0 Å². The summed E-state index contributed by atoms with van der Waals surface area (Å²) in [6.45, 7) is 6.79. The van der Waals surface area contributed by atoms with Crippen LogP contribution in [-0.2, 0) is 6.42 Å².